The van der Waals surface area contributed by atoms with Crippen molar-refractivity contribution < 1.29 is 28.5 Å². The van der Waals surface area contributed by atoms with Gasteiger partial charge in [-0.1, -0.05) is 40.0 Å². The molecule has 1 fully saturated rings. The molecule has 1 aliphatic rings. The highest BCUT2D eigenvalue weighted by atomic mass is 32.1. The Kier molecular flexibility index (Phi) is 13.4. The summed E-state index contributed by atoms with van der Waals surface area (Å²) in [6.07, 6.45) is 4.61. The van der Waals surface area contributed by atoms with Crippen molar-refractivity contribution >= 4 is 18.6 Å². The predicted molar refractivity (Wildman–Crippen MR) is 108 cm³/mol. The minimum Gasteiger partial charge on any atom is -0.463 e. The Morgan fingerprint density at radius 1 is 0.852 bits per heavy atom. The second-order valence-electron chi connectivity index (χ2n) is 6.93. The molecule has 1 aliphatic heterocycles. The molecule has 0 aromatic carbocycles. The van der Waals surface area contributed by atoms with Crippen molar-refractivity contribution in [3.8, 4) is 0 Å². The first-order valence-corrected chi connectivity index (χ1v) is 10.9. The van der Waals surface area contributed by atoms with Gasteiger partial charge in [-0.05, 0) is 19.3 Å². The van der Waals surface area contributed by atoms with Crippen molar-refractivity contribution in [2.24, 2.45) is 0 Å². The Labute approximate surface area is 170 Å². The molecule has 6 nitrogen and oxygen atoms in total. The lowest BCUT2D eigenvalue weighted by Crippen LogP contribution is -2.60. The van der Waals surface area contributed by atoms with E-state index >= 15 is 0 Å². The third-order valence-electron chi connectivity index (χ3n) is 4.48. The van der Waals surface area contributed by atoms with Crippen LogP contribution < -0.4 is 0 Å². The van der Waals surface area contributed by atoms with Crippen molar-refractivity contribution in [2.45, 2.75) is 96.1 Å². The molecule has 27 heavy (non-hydrogen) atoms. The summed E-state index contributed by atoms with van der Waals surface area (Å²) in [5.41, 5.74) is -0.458. The molecule has 7 heteroatoms. The summed E-state index contributed by atoms with van der Waals surface area (Å²) in [5, 5.41) is 0. The van der Waals surface area contributed by atoms with Gasteiger partial charge in [-0.25, -0.2) is 0 Å². The Bertz CT molecular complexity index is 395. The van der Waals surface area contributed by atoms with E-state index in [1.165, 1.54) is 6.92 Å². The zero-order valence-corrected chi connectivity index (χ0v) is 18.2. The van der Waals surface area contributed by atoms with Crippen molar-refractivity contribution in [1.82, 2.24) is 0 Å². The van der Waals surface area contributed by atoms with Crippen LogP contribution in [0.4, 0.5) is 0 Å². The average Bonchev–Trinajstić information content (AvgIpc) is 2.64. The van der Waals surface area contributed by atoms with Gasteiger partial charge in [0.1, 0.15) is 36.5 Å². The molecule has 0 N–H and O–H groups in total. The maximum absolute atomic E-state index is 11.3. The number of rotatable bonds is 14. The van der Waals surface area contributed by atoms with Gasteiger partial charge in [-0.15, -0.1) is 12.6 Å². The van der Waals surface area contributed by atoms with Gasteiger partial charge in [0.05, 0.1) is 0 Å². The fourth-order valence-electron chi connectivity index (χ4n) is 2.89. The van der Waals surface area contributed by atoms with Gasteiger partial charge in [-0.3, -0.25) is 4.79 Å². The van der Waals surface area contributed by atoms with E-state index in [4.69, 9.17) is 23.7 Å². The number of unbranched alkanes of at least 4 members (excludes halogenated alkanes) is 3. The SMILES string of the molecule is CCCCOC1C(OCCCC)[C@H](S)OC(COC(C)=O)[C@H]1OCCCC. The predicted octanol–water partition coefficient (Wildman–Crippen LogP) is 3.76. The maximum Gasteiger partial charge on any atom is 0.302 e. The largest absolute Gasteiger partial charge is 0.463 e. The van der Waals surface area contributed by atoms with Crippen molar-refractivity contribution in [3.05, 3.63) is 0 Å². The maximum atomic E-state index is 11.3. The molecule has 160 valence electrons. The molecule has 0 aromatic rings. The van der Waals surface area contributed by atoms with Crippen LogP contribution in [0.15, 0.2) is 0 Å². The van der Waals surface area contributed by atoms with Gasteiger partial charge in [0.15, 0.2) is 0 Å². The van der Waals surface area contributed by atoms with Gasteiger partial charge in [0.25, 0.3) is 0 Å². The molecule has 1 rings (SSSR count). The second kappa shape index (κ2) is 14.6. The summed E-state index contributed by atoms with van der Waals surface area (Å²) >= 11 is 4.59. The third kappa shape index (κ3) is 9.13. The minimum atomic E-state index is -0.458. The van der Waals surface area contributed by atoms with E-state index in [1.54, 1.807) is 0 Å². The fourth-order valence-corrected chi connectivity index (χ4v) is 3.30. The van der Waals surface area contributed by atoms with Crippen LogP contribution in [0.3, 0.4) is 0 Å². The number of hydrogen-bond acceptors (Lipinski definition) is 7. The monoisotopic (exact) mass is 406 g/mol. The highest BCUT2D eigenvalue weighted by molar-refractivity contribution is 7.80. The number of hydrogen-bond donors (Lipinski definition) is 1. The molecular formula is C20H38O6S. The van der Waals surface area contributed by atoms with Crippen LogP contribution in [0.1, 0.15) is 66.2 Å². The van der Waals surface area contributed by atoms with Crippen LogP contribution in [0.5, 0.6) is 0 Å². The summed E-state index contributed by atoms with van der Waals surface area (Å²) < 4.78 is 29.6. The number of carbonyl (C=O) groups is 1. The molecule has 0 spiro atoms. The van der Waals surface area contributed by atoms with Gasteiger partial charge < -0.3 is 23.7 Å². The van der Waals surface area contributed by atoms with Crippen LogP contribution in [0, 0.1) is 0 Å². The lowest BCUT2D eigenvalue weighted by Gasteiger charge is -2.44. The van der Waals surface area contributed by atoms with Gasteiger partial charge in [0.2, 0.25) is 0 Å². The minimum absolute atomic E-state index is 0.124. The first-order valence-electron chi connectivity index (χ1n) is 10.4. The van der Waals surface area contributed by atoms with E-state index in [-0.39, 0.29) is 30.9 Å². The van der Waals surface area contributed by atoms with E-state index in [1.807, 2.05) is 0 Å². The zero-order valence-electron chi connectivity index (χ0n) is 17.4. The highest BCUT2D eigenvalue weighted by Gasteiger charge is 2.47. The van der Waals surface area contributed by atoms with E-state index < -0.39 is 11.5 Å². The summed E-state index contributed by atoms with van der Waals surface area (Å²) in [6, 6.07) is 0. The first-order chi connectivity index (χ1) is 13.0. The molecular weight excluding hydrogens is 368 g/mol. The van der Waals surface area contributed by atoms with Gasteiger partial charge >= 0.3 is 5.97 Å². The Morgan fingerprint density at radius 2 is 1.33 bits per heavy atom. The Morgan fingerprint density at radius 3 is 1.81 bits per heavy atom. The van der Waals surface area contributed by atoms with Crippen molar-refractivity contribution in [3.63, 3.8) is 0 Å². The third-order valence-corrected chi connectivity index (χ3v) is 4.90. The van der Waals surface area contributed by atoms with Gasteiger partial charge in [0, 0.05) is 26.7 Å². The quantitative estimate of drug-likeness (QED) is 0.269. The molecule has 0 amide bonds. The number of carbonyl (C=O) groups excluding carboxylic acids is 1. The van der Waals surface area contributed by atoms with E-state index in [9.17, 15) is 4.79 Å². The topological polar surface area (TPSA) is 63.2 Å². The summed E-state index contributed by atoms with van der Waals surface area (Å²) in [6.45, 7) is 9.75. The van der Waals surface area contributed by atoms with Gasteiger partial charge in [-0.2, -0.15) is 0 Å². The lowest BCUT2D eigenvalue weighted by molar-refractivity contribution is -0.246. The summed E-state index contributed by atoms with van der Waals surface area (Å²) in [4.78, 5) is 11.3. The van der Waals surface area contributed by atoms with E-state index in [0.717, 1.165) is 38.5 Å². The molecule has 1 heterocycles. The molecule has 0 saturated carbocycles. The molecule has 1 saturated heterocycles. The Hall–Kier alpha value is -0.340. The smallest absolute Gasteiger partial charge is 0.302 e. The highest BCUT2D eigenvalue weighted by Crippen LogP contribution is 2.30. The van der Waals surface area contributed by atoms with Crippen molar-refractivity contribution in [2.75, 3.05) is 26.4 Å². The van der Waals surface area contributed by atoms with Crippen LogP contribution in [-0.4, -0.2) is 62.2 Å². The van der Waals surface area contributed by atoms with Crippen LogP contribution in [0.2, 0.25) is 0 Å². The van der Waals surface area contributed by atoms with Crippen LogP contribution in [0.25, 0.3) is 0 Å². The molecule has 3 unspecified atom stereocenters. The number of ether oxygens (including phenoxy) is 5. The molecule has 0 radical (unpaired) electrons. The summed E-state index contributed by atoms with van der Waals surface area (Å²) in [5.74, 6) is -0.341. The number of esters is 1. The fraction of sp³-hybridized carbons (Fsp3) is 0.950. The summed E-state index contributed by atoms with van der Waals surface area (Å²) in [7, 11) is 0. The van der Waals surface area contributed by atoms with Crippen LogP contribution in [-0.2, 0) is 28.5 Å². The standard InChI is InChI=1S/C20H38O6S/c1-5-8-11-22-17-16(14-25-15(4)21)26-20(27)19(24-13-10-7-3)18(17)23-12-9-6-2/h16-20,27H,5-14H2,1-4H3/t16?,17-,18?,19?,20+/m1/s1. The van der Waals surface area contributed by atoms with Crippen molar-refractivity contribution in [1.29, 1.82) is 0 Å². The van der Waals surface area contributed by atoms with E-state index in [2.05, 4.69) is 33.4 Å². The average molecular weight is 407 g/mol. The van der Waals surface area contributed by atoms with Crippen LogP contribution >= 0.6 is 12.6 Å². The molecule has 0 aliphatic carbocycles. The number of thiol groups is 1. The molecule has 0 aromatic heterocycles. The lowest BCUT2D eigenvalue weighted by atomic mass is 9.99. The molecule has 0 bridgehead atoms. The first kappa shape index (κ1) is 24.7. The normalized spacial score (nSPS) is 28.3. The molecule has 5 atom stereocenters. The van der Waals surface area contributed by atoms with E-state index in [0.29, 0.717) is 19.8 Å². The Balaban J connectivity index is 2.90. The second-order valence-corrected chi connectivity index (χ2v) is 7.44. The zero-order chi connectivity index (χ0) is 20.1.